The fourth-order valence-electron chi connectivity index (χ4n) is 2.73. The van der Waals surface area contributed by atoms with Gasteiger partial charge in [-0.1, -0.05) is 39.0 Å². The van der Waals surface area contributed by atoms with Crippen LogP contribution < -0.4 is 5.32 Å². The summed E-state index contributed by atoms with van der Waals surface area (Å²) in [5.74, 6) is 0.191. The van der Waals surface area contributed by atoms with Crippen LogP contribution in [0, 0.1) is 5.92 Å². The number of amides is 1. The van der Waals surface area contributed by atoms with Crippen molar-refractivity contribution >= 4 is 5.91 Å². The van der Waals surface area contributed by atoms with E-state index in [9.17, 15) is 4.79 Å². The van der Waals surface area contributed by atoms with Crippen LogP contribution in [0.1, 0.15) is 62.8 Å². The summed E-state index contributed by atoms with van der Waals surface area (Å²) in [5.41, 5.74) is 4.25. The normalized spacial score (nSPS) is 16.0. The van der Waals surface area contributed by atoms with E-state index in [2.05, 4.69) is 30.4 Å². The average Bonchev–Trinajstić information content (AvgIpc) is 2.43. The van der Waals surface area contributed by atoms with Crippen molar-refractivity contribution < 1.29 is 4.79 Å². The molecule has 0 aliphatic heterocycles. The second-order valence-electron chi connectivity index (χ2n) is 5.86. The van der Waals surface area contributed by atoms with Gasteiger partial charge in [-0.25, -0.2) is 0 Å². The third kappa shape index (κ3) is 3.37. The Hall–Kier alpha value is -1.31. The zero-order valence-electron chi connectivity index (χ0n) is 12.3. The molecule has 1 aromatic carbocycles. The first-order valence-corrected chi connectivity index (χ1v) is 7.54. The summed E-state index contributed by atoms with van der Waals surface area (Å²) in [6.07, 6.45) is 5.96. The van der Waals surface area contributed by atoms with Gasteiger partial charge in [0.05, 0.1) is 6.04 Å². The lowest BCUT2D eigenvalue weighted by Crippen LogP contribution is -2.31. The molecule has 0 unspecified atom stereocenters. The molecule has 0 heterocycles. The molecule has 0 saturated carbocycles. The molecule has 1 amide bonds. The summed E-state index contributed by atoms with van der Waals surface area (Å²) >= 11 is 0. The number of carbonyl (C=O) groups excluding carboxylic acids is 1. The number of hydrogen-bond donors (Lipinski definition) is 1. The Bertz CT molecular complexity index is 451. The van der Waals surface area contributed by atoms with Crippen molar-refractivity contribution in [3.8, 4) is 0 Å². The van der Waals surface area contributed by atoms with Crippen molar-refractivity contribution in [2.75, 3.05) is 0 Å². The molecule has 2 heteroatoms. The Labute approximate surface area is 116 Å². The summed E-state index contributed by atoms with van der Waals surface area (Å²) in [6, 6.07) is 6.91. The Kier molecular flexibility index (Phi) is 4.62. The minimum atomic E-state index is 0.0478. The van der Waals surface area contributed by atoms with E-state index in [4.69, 9.17) is 0 Å². The molecule has 0 aromatic heterocycles. The highest BCUT2D eigenvalue weighted by Crippen LogP contribution is 2.26. The van der Waals surface area contributed by atoms with Crippen LogP contribution in [-0.4, -0.2) is 5.91 Å². The molecule has 1 aliphatic rings. The number of nitrogens with one attached hydrogen (secondary N) is 1. The van der Waals surface area contributed by atoms with E-state index in [0.29, 0.717) is 0 Å². The Morgan fingerprint density at radius 2 is 1.89 bits per heavy atom. The second-order valence-corrected chi connectivity index (χ2v) is 5.86. The van der Waals surface area contributed by atoms with E-state index in [-0.39, 0.29) is 17.9 Å². The molecule has 1 aromatic rings. The van der Waals surface area contributed by atoms with Crippen LogP contribution in [0.3, 0.4) is 0 Å². The summed E-state index contributed by atoms with van der Waals surface area (Å²) in [5, 5.41) is 3.15. The smallest absolute Gasteiger partial charge is 0.223 e. The molecule has 2 rings (SSSR count). The van der Waals surface area contributed by atoms with Gasteiger partial charge in [-0.05, 0) is 48.8 Å². The highest BCUT2D eigenvalue weighted by Gasteiger charge is 2.17. The van der Waals surface area contributed by atoms with E-state index in [1.807, 2.05) is 13.8 Å². The maximum Gasteiger partial charge on any atom is 0.223 e. The Balaban J connectivity index is 2.16. The average molecular weight is 259 g/mol. The van der Waals surface area contributed by atoms with Gasteiger partial charge in [0, 0.05) is 5.92 Å². The second kappa shape index (κ2) is 6.23. The maximum atomic E-state index is 11.9. The standard InChI is InChI=1S/C17H25NO/c1-4-16(18-17(19)12(2)3)15-10-9-13-7-5-6-8-14(13)11-15/h9-12,16H,4-8H2,1-3H3,(H,18,19)/t16-/m1/s1. The van der Waals surface area contributed by atoms with Gasteiger partial charge >= 0.3 is 0 Å². The Morgan fingerprint density at radius 3 is 2.53 bits per heavy atom. The van der Waals surface area contributed by atoms with E-state index in [1.165, 1.54) is 42.4 Å². The fraction of sp³-hybridized carbons (Fsp3) is 0.588. The van der Waals surface area contributed by atoms with Gasteiger partial charge in [0.2, 0.25) is 5.91 Å². The van der Waals surface area contributed by atoms with Crippen LogP contribution in [-0.2, 0) is 17.6 Å². The number of benzene rings is 1. The minimum Gasteiger partial charge on any atom is -0.349 e. The van der Waals surface area contributed by atoms with Gasteiger partial charge in [-0.15, -0.1) is 0 Å². The first-order valence-electron chi connectivity index (χ1n) is 7.54. The van der Waals surface area contributed by atoms with Crippen molar-refractivity contribution in [3.63, 3.8) is 0 Å². The largest absolute Gasteiger partial charge is 0.349 e. The number of carbonyl (C=O) groups is 1. The number of aryl methyl sites for hydroxylation is 2. The molecule has 0 spiro atoms. The summed E-state index contributed by atoms with van der Waals surface area (Å²) in [7, 11) is 0. The summed E-state index contributed by atoms with van der Waals surface area (Å²) in [4.78, 5) is 11.9. The topological polar surface area (TPSA) is 29.1 Å². The van der Waals surface area contributed by atoms with Gasteiger partial charge in [-0.2, -0.15) is 0 Å². The van der Waals surface area contributed by atoms with Crippen molar-refractivity contribution in [1.29, 1.82) is 0 Å². The van der Waals surface area contributed by atoms with Crippen molar-refractivity contribution in [2.45, 2.75) is 58.9 Å². The van der Waals surface area contributed by atoms with Gasteiger partial charge in [0.1, 0.15) is 0 Å². The van der Waals surface area contributed by atoms with Gasteiger partial charge in [0.15, 0.2) is 0 Å². The minimum absolute atomic E-state index is 0.0478. The molecule has 19 heavy (non-hydrogen) atoms. The predicted molar refractivity (Wildman–Crippen MR) is 79.1 cm³/mol. The molecular formula is C17H25NO. The molecule has 0 saturated heterocycles. The SMILES string of the molecule is CC[C@@H](NC(=O)C(C)C)c1ccc2c(c1)CCCC2. The lowest BCUT2D eigenvalue weighted by atomic mass is 9.88. The number of fused-ring (bicyclic) bond motifs is 1. The molecule has 0 radical (unpaired) electrons. The lowest BCUT2D eigenvalue weighted by Gasteiger charge is -2.22. The highest BCUT2D eigenvalue weighted by atomic mass is 16.1. The molecule has 2 nitrogen and oxygen atoms in total. The van der Waals surface area contributed by atoms with E-state index >= 15 is 0 Å². The van der Waals surface area contributed by atoms with Crippen molar-refractivity contribution in [1.82, 2.24) is 5.32 Å². The van der Waals surface area contributed by atoms with Crippen LogP contribution >= 0.6 is 0 Å². The van der Waals surface area contributed by atoms with Crippen molar-refractivity contribution in [3.05, 3.63) is 34.9 Å². The third-order valence-corrected chi connectivity index (χ3v) is 4.02. The Morgan fingerprint density at radius 1 is 1.21 bits per heavy atom. The molecule has 1 aliphatic carbocycles. The molecule has 1 N–H and O–H groups in total. The number of rotatable bonds is 4. The van der Waals surface area contributed by atoms with Crippen LogP contribution in [0.5, 0.6) is 0 Å². The first kappa shape index (κ1) is 14.1. The van der Waals surface area contributed by atoms with E-state index in [1.54, 1.807) is 0 Å². The van der Waals surface area contributed by atoms with Crippen LogP contribution in [0.25, 0.3) is 0 Å². The summed E-state index contributed by atoms with van der Waals surface area (Å²) in [6.45, 7) is 6.01. The van der Waals surface area contributed by atoms with Crippen LogP contribution in [0.15, 0.2) is 18.2 Å². The molecule has 0 fully saturated rings. The quantitative estimate of drug-likeness (QED) is 0.875. The molecule has 0 bridgehead atoms. The predicted octanol–water partition coefficient (Wildman–Crippen LogP) is 3.79. The monoisotopic (exact) mass is 259 g/mol. The van der Waals surface area contributed by atoms with Gasteiger partial charge in [0.25, 0.3) is 0 Å². The van der Waals surface area contributed by atoms with Crippen LogP contribution in [0.2, 0.25) is 0 Å². The maximum absolute atomic E-state index is 11.9. The van der Waals surface area contributed by atoms with Gasteiger partial charge < -0.3 is 5.32 Å². The van der Waals surface area contributed by atoms with Gasteiger partial charge in [-0.3, -0.25) is 4.79 Å². The highest BCUT2D eigenvalue weighted by molar-refractivity contribution is 5.78. The summed E-state index contributed by atoms with van der Waals surface area (Å²) < 4.78 is 0. The first-order chi connectivity index (χ1) is 9.11. The number of hydrogen-bond acceptors (Lipinski definition) is 1. The fourth-order valence-corrected chi connectivity index (χ4v) is 2.73. The zero-order chi connectivity index (χ0) is 13.8. The van der Waals surface area contributed by atoms with E-state index in [0.717, 1.165) is 6.42 Å². The van der Waals surface area contributed by atoms with Crippen LogP contribution in [0.4, 0.5) is 0 Å². The van der Waals surface area contributed by atoms with Crippen molar-refractivity contribution in [2.24, 2.45) is 5.92 Å². The molecule has 1 atom stereocenters. The lowest BCUT2D eigenvalue weighted by molar-refractivity contribution is -0.124. The molecular weight excluding hydrogens is 234 g/mol. The molecule has 104 valence electrons. The third-order valence-electron chi connectivity index (χ3n) is 4.02. The van der Waals surface area contributed by atoms with E-state index < -0.39 is 0 Å². The zero-order valence-corrected chi connectivity index (χ0v) is 12.3.